The summed E-state index contributed by atoms with van der Waals surface area (Å²) in [5, 5.41) is 17.0. The molecular weight excluding hydrogens is 226 g/mol. The Hall–Kier alpha value is -1.52. The minimum atomic E-state index is -0.808. The van der Waals surface area contributed by atoms with Gasteiger partial charge in [-0.05, 0) is 24.1 Å². The van der Waals surface area contributed by atoms with Gasteiger partial charge >= 0.3 is 0 Å². The number of aliphatic hydroxyl groups excluding tert-OH is 1. The van der Waals surface area contributed by atoms with Gasteiger partial charge in [0.25, 0.3) is 0 Å². The molecule has 1 aromatic carbocycles. The van der Waals surface area contributed by atoms with Crippen molar-refractivity contribution < 1.29 is 5.11 Å². The van der Waals surface area contributed by atoms with Crippen LogP contribution in [0.5, 0.6) is 0 Å². The van der Waals surface area contributed by atoms with Crippen LogP contribution in [-0.4, -0.2) is 15.3 Å². The molecule has 16 heavy (non-hydrogen) atoms. The number of nitrogens with two attached hydrogens (primary N) is 1. The Balaban J connectivity index is 2.38. The molecule has 1 aromatic heterocycles. The van der Waals surface area contributed by atoms with Crippen LogP contribution in [0.3, 0.4) is 0 Å². The van der Waals surface area contributed by atoms with Gasteiger partial charge in [-0.15, -0.1) is 0 Å². The van der Waals surface area contributed by atoms with E-state index < -0.39 is 6.10 Å². The second-order valence-electron chi connectivity index (χ2n) is 3.65. The number of benzene rings is 1. The first-order valence-electron chi connectivity index (χ1n) is 4.82. The van der Waals surface area contributed by atoms with Crippen LogP contribution in [-0.2, 0) is 0 Å². The number of aromatic nitrogens is 2. The lowest BCUT2D eigenvalue weighted by Crippen LogP contribution is -2.02. The van der Waals surface area contributed by atoms with E-state index in [-0.39, 0.29) is 0 Å². The number of aliphatic hydroxyl groups is 1. The van der Waals surface area contributed by atoms with E-state index in [4.69, 9.17) is 17.3 Å². The Morgan fingerprint density at radius 3 is 2.81 bits per heavy atom. The topological polar surface area (TPSA) is 74.9 Å². The molecule has 84 valence electrons. The van der Waals surface area contributed by atoms with Gasteiger partial charge in [0.05, 0.1) is 6.20 Å². The maximum Gasteiger partial charge on any atom is 0.125 e. The molecule has 0 aliphatic carbocycles. The van der Waals surface area contributed by atoms with E-state index in [0.717, 1.165) is 5.56 Å². The fourth-order valence-electron chi connectivity index (χ4n) is 1.48. The maximum absolute atomic E-state index is 10.1. The van der Waals surface area contributed by atoms with Gasteiger partial charge in [0.1, 0.15) is 11.9 Å². The third kappa shape index (κ3) is 1.89. The van der Waals surface area contributed by atoms with Crippen molar-refractivity contribution >= 4 is 17.4 Å². The summed E-state index contributed by atoms with van der Waals surface area (Å²) >= 11 is 5.99. The minimum absolute atomic E-state index is 0.365. The lowest BCUT2D eigenvalue weighted by atomic mass is 10.0. The number of H-pyrrole nitrogens is 1. The smallest absolute Gasteiger partial charge is 0.125 e. The number of aryl methyl sites for hydroxylation is 1. The second-order valence-corrected chi connectivity index (χ2v) is 4.06. The highest BCUT2D eigenvalue weighted by Gasteiger charge is 2.15. The summed E-state index contributed by atoms with van der Waals surface area (Å²) in [5.41, 5.74) is 7.86. The van der Waals surface area contributed by atoms with Crippen LogP contribution in [0.4, 0.5) is 5.82 Å². The van der Waals surface area contributed by atoms with Crippen LogP contribution < -0.4 is 5.73 Å². The van der Waals surface area contributed by atoms with Crippen molar-refractivity contribution in [2.75, 3.05) is 5.73 Å². The van der Waals surface area contributed by atoms with Crippen molar-refractivity contribution in [2.45, 2.75) is 13.0 Å². The van der Waals surface area contributed by atoms with Crippen molar-refractivity contribution in [3.05, 3.63) is 46.1 Å². The standard InChI is InChI=1S/C11H12ClN3O/c1-6-2-3-7(4-9(6)12)10(16)8-5-14-15-11(8)13/h2-5,10,16H,1H3,(H3,13,14,15). The summed E-state index contributed by atoms with van der Waals surface area (Å²) in [6.07, 6.45) is 0.699. The molecule has 0 bridgehead atoms. The van der Waals surface area contributed by atoms with Crippen molar-refractivity contribution in [3.8, 4) is 0 Å². The Labute approximate surface area is 98.1 Å². The predicted octanol–water partition coefficient (Wildman–Crippen LogP) is 2.04. The first-order valence-corrected chi connectivity index (χ1v) is 5.20. The molecule has 0 aliphatic rings. The quantitative estimate of drug-likeness (QED) is 0.748. The van der Waals surface area contributed by atoms with E-state index in [1.807, 2.05) is 19.1 Å². The summed E-state index contributed by atoms with van der Waals surface area (Å²) < 4.78 is 0. The summed E-state index contributed by atoms with van der Waals surface area (Å²) in [4.78, 5) is 0. The average molecular weight is 238 g/mol. The molecule has 2 rings (SSSR count). The van der Waals surface area contributed by atoms with E-state index in [0.29, 0.717) is 22.0 Å². The van der Waals surface area contributed by atoms with Gasteiger partial charge in [0.2, 0.25) is 0 Å². The third-order valence-electron chi connectivity index (χ3n) is 2.51. The molecule has 0 fully saturated rings. The zero-order valence-electron chi connectivity index (χ0n) is 8.74. The molecule has 0 saturated heterocycles. The SMILES string of the molecule is Cc1ccc(C(O)c2cn[nH]c2N)cc1Cl. The Morgan fingerprint density at radius 1 is 1.50 bits per heavy atom. The van der Waals surface area contributed by atoms with E-state index in [1.165, 1.54) is 6.20 Å². The fourth-order valence-corrected chi connectivity index (χ4v) is 1.67. The first kappa shape index (κ1) is 11.0. The summed E-state index contributed by atoms with van der Waals surface area (Å²) in [6, 6.07) is 5.41. The largest absolute Gasteiger partial charge is 0.384 e. The van der Waals surface area contributed by atoms with E-state index in [2.05, 4.69) is 10.2 Å². The number of rotatable bonds is 2. The van der Waals surface area contributed by atoms with Gasteiger partial charge < -0.3 is 10.8 Å². The monoisotopic (exact) mass is 237 g/mol. The van der Waals surface area contributed by atoms with Crippen molar-refractivity contribution in [1.82, 2.24) is 10.2 Å². The molecule has 5 heteroatoms. The highest BCUT2D eigenvalue weighted by atomic mass is 35.5. The Morgan fingerprint density at radius 2 is 2.25 bits per heavy atom. The molecule has 0 spiro atoms. The number of hydrogen-bond donors (Lipinski definition) is 3. The molecule has 1 heterocycles. The van der Waals surface area contributed by atoms with Gasteiger partial charge in [-0.3, -0.25) is 5.10 Å². The molecule has 1 unspecified atom stereocenters. The summed E-state index contributed by atoms with van der Waals surface area (Å²) in [5.74, 6) is 0.365. The highest BCUT2D eigenvalue weighted by molar-refractivity contribution is 6.31. The van der Waals surface area contributed by atoms with Crippen molar-refractivity contribution in [1.29, 1.82) is 0 Å². The van der Waals surface area contributed by atoms with Crippen LogP contribution in [0.15, 0.2) is 24.4 Å². The molecule has 0 saturated carbocycles. The number of halogens is 1. The van der Waals surface area contributed by atoms with Crippen LogP contribution >= 0.6 is 11.6 Å². The number of nitrogens with zero attached hydrogens (tertiary/aromatic N) is 1. The molecular formula is C11H12ClN3O. The van der Waals surface area contributed by atoms with Gasteiger partial charge in [0, 0.05) is 10.6 Å². The fraction of sp³-hybridized carbons (Fsp3) is 0.182. The lowest BCUT2D eigenvalue weighted by molar-refractivity contribution is 0.221. The Bertz CT molecular complexity index is 510. The summed E-state index contributed by atoms with van der Waals surface area (Å²) in [6.45, 7) is 1.91. The third-order valence-corrected chi connectivity index (χ3v) is 2.91. The van der Waals surface area contributed by atoms with Gasteiger partial charge in [-0.2, -0.15) is 5.10 Å². The van der Waals surface area contributed by atoms with Crippen LogP contribution in [0.25, 0.3) is 0 Å². The van der Waals surface area contributed by atoms with Crippen LogP contribution in [0, 0.1) is 6.92 Å². The lowest BCUT2D eigenvalue weighted by Gasteiger charge is -2.11. The van der Waals surface area contributed by atoms with Gasteiger partial charge in [-0.1, -0.05) is 23.7 Å². The predicted molar refractivity (Wildman–Crippen MR) is 63.3 cm³/mol. The number of aromatic amines is 1. The second kappa shape index (κ2) is 4.15. The minimum Gasteiger partial charge on any atom is -0.384 e. The Kier molecular flexibility index (Phi) is 2.85. The summed E-state index contributed by atoms with van der Waals surface area (Å²) in [7, 11) is 0. The highest BCUT2D eigenvalue weighted by Crippen LogP contribution is 2.27. The first-order chi connectivity index (χ1) is 7.59. The zero-order valence-corrected chi connectivity index (χ0v) is 9.49. The normalized spacial score (nSPS) is 12.7. The van der Waals surface area contributed by atoms with Crippen molar-refractivity contribution in [2.24, 2.45) is 0 Å². The molecule has 4 nitrogen and oxygen atoms in total. The molecule has 2 aromatic rings. The molecule has 0 radical (unpaired) electrons. The molecule has 0 aliphatic heterocycles. The number of hydrogen-bond acceptors (Lipinski definition) is 3. The number of anilines is 1. The zero-order chi connectivity index (χ0) is 11.7. The maximum atomic E-state index is 10.1. The number of nitrogens with one attached hydrogen (secondary N) is 1. The van der Waals surface area contributed by atoms with Crippen molar-refractivity contribution in [3.63, 3.8) is 0 Å². The van der Waals surface area contributed by atoms with Crippen LogP contribution in [0.1, 0.15) is 22.8 Å². The van der Waals surface area contributed by atoms with Gasteiger partial charge in [0.15, 0.2) is 0 Å². The molecule has 4 N–H and O–H groups in total. The molecule has 0 amide bonds. The van der Waals surface area contributed by atoms with E-state index >= 15 is 0 Å². The van der Waals surface area contributed by atoms with Gasteiger partial charge in [-0.25, -0.2) is 0 Å². The number of nitrogen functional groups attached to an aromatic ring is 1. The average Bonchev–Trinajstić information content (AvgIpc) is 2.67. The van der Waals surface area contributed by atoms with Crippen LogP contribution in [0.2, 0.25) is 5.02 Å². The molecule has 1 atom stereocenters. The van der Waals surface area contributed by atoms with E-state index in [1.54, 1.807) is 6.07 Å². The van der Waals surface area contributed by atoms with E-state index in [9.17, 15) is 5.11 Å².